The topological polar surface area (TPSA) is 82.5 Å². The minimum Gasteiger partial charge on any atom is -0.507 e. The number of phenols is 2. The summed E-state index contributed by atoms with van der Waals surface area (Å²) in [7, 11) is 0. The maximum absolute atomic E-state index is 11.9. The standard InChI is InChI=1S/C12H12N2O3S/c1-6-7(2)18-12(13-6)14-11(17)10-8(15)4-3-5-9(10)16/h3-5,15-16H,1-2H3,(H,13,14,17). The fourth-order valence-electron chi connectivity index (χ4n) is 1.45. The number of anilines is 1. The minimum atomic E-state index is -0.584. The molecule has 0 spiro atoms. The van der Waals surface area contributed by atoms with Gasteiger partial charge in [0.15, 0.2) is 5.13 Å². The fraction of sp³-hybridized carbons (Fsp3) is 0.167. The van der Waals surface area contributed by atoms with Crippen molar-refractivity contribution in [2.24, 2.45) is 0 Å². The Bertz CT molecular complexity index is 568. The van der Waals surface area contributed by atoms with Gasteiger partial charge in [0.25, 0.3) is 5.91 Å². The van der Waals surface area contributed by atoms with Crippen molar-refractivity contribution in [3.8, 4) is 11.5 Å². The first-order valence-electron chi connectivity index (χ1n) is 5.25. The van der Waals surface area contributed by atoms with Crippen LogP contribution in [0.25, 0.3) is 0 Å². The molecule has 2 aromatic rings. The van der Waals surface area contributed by atoms with Gasteiger partial charge in [-0.1, -0.05) is 6.07 Å². The zero-order valence-electron chi connectivity index (χ0n) is 9.89. The quantitative estimate of drug-likeness (QED) is 0.778. The first kappa shape index (κ1) is 12.4. The van der Waals surface area contributed by atoms with Crippen molar-refractivity contribution in [1.82, 2.24) is 4.98 Å². The van der Waals surface area contributed by atoms with Gasteiger partial charge in [0.1, 0.15) is 17.1 Å². The van der Waals surface area contributed by atoms with Gasteiger partial charge < -0.3 is 10.2 Å². The average molecular weight is 264 g/mol. The molecule has 0 radical (unpaired) electrons. The average Bonchev–Trinajstić information content (AvgIpc) is 2.57. The van der Waals surface area contributed by atoms with Crippen molar-refractivity contribution >= 4 is 22.4 Å². The summed E-state index contributed by atoms with van der Waals surface area (Å²) in [5.41, 5.74) is 0.694. The Morgan fingerprint density at radius 1 is 1.28 bits per heavy atom. The summed E-state index contributed by atoms with van der Waals surface area (Å²) in [5, 5.41) is 22.1. The lowest BCUT2D eigenvalue weighted by Crippen LogP contribution is -2.12. The molecule has 1 amide bonds. The maximum atomic E-state index is 11.9. The van der Waals surface area contributed by atoms with E-state index in [9.17, 15) is 15.0 Å². The van der Waals surface area contributed by atoms with E-state index in [4.69, 9.17) is 0 Å². The predicted octanol–water partition coefficient (Wildman–Crippen LogP) is 2.42. The van der Waals surface area contributed by atoms with Crippen molar-refractivity contribution < 1.29 is 15.0 Å². The second-order valence-electron chi connectivity index (χ2n) is 3.79. The highest BCUT2D eigenvalue weighted by atomic mass is 32.1. The number of aromatic nitrogens is 1. The molecule has 5 nitrogen and oxygen atoms in total. The number of hydrogen-bond acceptors (Lipinski definition) is 5. The molecule has 6 heteroatoms. The van der Waals surface area contributed by atoms with E-state index in [1.54, 1.807) is 0 Å². The van der Waals surface area contributed by atoms with Crippen LogP contribution < -0.4 is 5.32 Å². The summed E-state index contributed by atoms with van der Waals surface area (Å²) in [5.74, 6) is -1.12. The van der Waals surface area contributed by atoms with E-state index in [1.165, 1.54) is 29.5 Å². The first-order valence-corrected chi connectivity index (χ1v) is 6.07. The van der Waals surface area contributed by atoms with Crippen molar-refractivity contribution in [3.63, 3.8) is 0 Å². The Kier molecular flexibility index (Phi) is 3.20. The van der Waals surface area contributed by atoms with Crippen molar-refractivity contribution in [2.75, 3.05) is 5.32 Å². The van der Waals surface area contributed by atoms with E-state index in [0.717, 1.165) is 10.6 Å². The molecule has 1 aromatic heterocycles. The molecule has 0 unspecified atom stereocenters. The first-order chi connectivity index (χ1) is 8.49. The number of benzene rings is 1. The van der Waals surface area contributed by atoms with Gasteiger partial charge in [-0.25, -0.2) is 4.98 Å². The third-order valence-electron chi connectivity index (χ3n) is 2.50. The number of thiazole rings is 1. The summed E-state index contributed by atoms with van der Waals surface area (Å²) < 4.78 is 0. The molecule has 0 bridgehead atoms. The van der Waals surface area contributed by atoms with Gasteiger partial charge in [0, 0.05) is 4.88 Å². The predicted molar refractivity (Wildman–Crippen MR) is 69.3 cm³/mol. The van der Waals surface area contributed by atoms with Crippen LogP contribution in [-0.2, 0) is 0 Å². The zero-order valence-corrected chi connectivity index (χ0v) is 10.7. The SMILES string of the molecule is Cc1nc(NC(=O)c2c(O)cccc2O)sc1C. The van der Waals surface area contributed by atoms with Crippen LogP contribution in [0.4, 0.5) is 5.13 Å². The van der Waals surface area contributed by atoms with E-state index in [2.05, 4.69) is 10.3 Å². The number of rotatable bonds is 2. The maximum Gasteiger partial charge on any atom is 0.264 e. The van der Waals surface area contributed by atoms with E-state index in [1.807, 2.05) is 13.8 Å². The van der Waals surface area contributed by atoms with Gasteiger partial charge in [-0.3, -0.25) is 10.1 Å². The molecule has 2 rings (SSSR count). The van der Waals surface area contributed by atoms with Gasteiger partial charge in [-0.05, 0) is 26.0 Å². The van der Waals surface area contributed by atoms with Crippen LogP contribution in [-0.4, -0.2) is 21.1 Å². The van der Waals surface area contributed by atoms with Gasteiger partial charge in [-0.2, -0.15) is 0 Å². The zero-order chi connectivity index (χ0) is 13.3. The highest BCUT2D eigenvalue weighted by Crippen LogP contribution is 2.28. The van der Waals surface area contributed by atoms with Crippen molar-refractivity contribution in [3.05, 3.63) is 34.3 Å². The molecule has 3 N–H and O–H groups in total. The lowest BCUT2D eigenvalue weighted by Gasteiger charge is -2.05. The molecule has 0 aliphatic heterocycles. The number of nitrogens with one attached hydrogen (secondary N) is 1. The van der Waals surface area contributed by atoms with Gasteiger partial charge in [-0.15, -0.1) is 11.3 Å². The van der Waals surface area contributed by atoms with Crippen LogP contribution in [0.5, 0.6) is 11.5 Å². The summed E-state index contributed by atoms with van der Waals surface area (Å²) in [4.78, 5) is 17.1. The van der Waals surface area contributed by atoms with Crippen LogP contribution in [0, 0.1) is 13.8 Å². The Morgan fingerprint density at radius 3 is 2.39 bits per heavy atom. The number of phenolic OH excluding ortho intramolecular Hbond substituents is 2. The molecule has 0 fully saturated rings. The summed E-state index contributed by atoms with van der Waals surface area (Å²) in [6.45, 7) is 3.75. The lowest BCUT2D eigenvalue weighted by molar-refractivity contribution is 0.102. The molecule has 0 saturated carbocycles. The highest BCUT2D eigenvalue weighted by Gasteiger charge is 2.17. The van der Waals surface area contributed by atoms with E-state index < -0.39 is 5.91 Å². The molecule has 0 aliphatic carbocycles. The largest absolute Gasteiger partial charge is 0.507 e. The van der Waals surface area contributed by atoms with Gasteiger partial charge in [0.05, 0.1) is 5.69 Å². The van der Waals surface area contributed by atoms with Crippen LogP contribution in [0.2, 0.25) is 0 Å². The highest BCUT2D eigenvalue weighted by molar-refractivity contribution is 7.15. The number of hydrogen-bond donors (Lipinski definition) is 3. The number of amides is 1. The molecule has 0 atom stereocenters. The molecule has 1 aromatic carbocycles. The fourth-order valence-corrected chi connectivity index (χ4v) is 2.26. The van der Waals surface area contributed by atoms with E-state index in [-0.39, 0.29) is 17.1 Å². The van der Waals surface area contributed by atoms with Crippen LogP contribution >= 0.6 is 11.3 Å². The normalized spacial score (nSPS) is 10.3. The van der Waals surface area contributed by atoms with Crippen LogP contribution in [0.3, 0.4) is 0 Å². The smallest absolute Gasteiger partial charge is 0.264 e. The van der Waals surface area contributed by atoms with E-state index in [0.29, 0.717) is 5.13 Å². The molecule has 0 aliphatic rings. The van der Waals surface area contributed by atoms with Gasteiger partial charge >= 0.3 is 0 Å². The Balaban J connectivity index is 2.27. The second-order valence-corrected chi connectivity index (χ2v) is 4.99. The number of aromatic hydroxyl groups is 2. The minimum absolute atomic E-state index is 0.150. The molecular formula is C12H12N2O3S. The van der Waals surface area contributed by atoms with Crippen LogP contribution in [0.1, 0.15) is 20.9 Å². The number of carbonyl (C=O) groups is 1. The third-order valence-corrected chi connectivity index (χ3v) is 3.48. The number of nitrogens with zero attached hydrogens (tertiary/aromatic N) is 1. The van der Waals surface area contributed by atoms with Gasteiger partial charge in [0.2, 0.25) is 0 Å². The van der Waals surface area contributed by atoms with Crippen molar-refractivity contribution in [1.29, 1.82) is 0 Å². The molecule has 1 heterocycles. The molecule has 94 valence electrons. The monoisotopic (exact) mass is 264 g/mol. The Hall–Kier alpha value is -2.08. The van der Waals surface area contributed by atoms with Crippen LogP contribution in [0.15, 0.2) is 18.2 Å². The second kappa shape index (κ2) is 4.66. The third kappa shape index (κ3) is 2.28. The van der Waals surface area contributed by atoms with Crippen molar-refractivity contribution in [2.45, 2.75) is 13.8 Å². The Labute approximate surface area is 108 Å². The molecular weight excluding hydrogens is 252 g/mol. The van der Waals surface area contributed by atoms with E-state index >= 15 is 0 Å². The number of carbonyl (C=O) groups excluding carboxylic acids is 1. The summed E-state index contributed by atoms with van der Waals surface area (Å²) in [6, 6.07) is 4.14. The number of aryl methyl sites for hydroxylation is 2. The molecule has 0 saturated heterocycles. The molecule has 18 heavy (non-hydrogen) atoms. The summed E-state index contributed by atoms with van der Waals surface area (Å²) in [6.07, 6.45) is 0. The summed E-state index contributed by atoms with van der Waals surface area (Å²) >= 11 is 1.34. The lowest BCUT2D eigenvalue weighted by atomic mass is 10.1. The Morgan fingerprint density at radius 2 is 1.89 bits per heavy atom.